The molecule has 1 amide bonds. The molecule has 0 saturated heterocycles. The van der Waals surface area contributed by atoms with Gasteiger partial charge in [-0.1, -0.05) is 0 Å². The number of hydrogen-bond acceptors (Lipinski definition) is 4. The largest absolute Gasteiger partial charge is 0.494 e. The minimum Gasteiger partial charge on any atom is -0.494 e. The Hall–Kier alpha value is -1.59. The molecule has 1 atom stereocenters. The lowest BCUT2D eigenvalue weighted by Gasteiger charge is -2.13. The van der Waals surface area contributed by atoms with Crippen LogP contribution in [0.25, 0.3) is 0 Å². The molecule has 1 aliphatic carbocycles. The lowest BCUT2D eigenvalue weighted by molar-refractivity contribution is -0.116. The predicted molar refractivity (Wildman–Crippen MR) is 77.5 cm³/mol. The number of benzene rings is 1. The number of aliphatic hydroxyl groups is 1. The van der Waals surface area contributed by atoms with E-state index in [1.54, 1.807) is 18.2 Å². The Morgan fingerprint density at radius 3 is 2.90 bits per heavy atom. The van der Waals surface area contributed by atoms with E-state index in [2.05, 4.69) is 5.32 Å². The number of anilines is 1. The first kappa shape index (κ1) is 14.8. The molecule has 5 heteroatoms. The second-order valence-electron chi connectivity index (χ2n) is 5.17. The third kappa shape index (κ3) is 3.95. The van der Waals surface area contributed by atoms with Crippen LogP contribution in [-0.4, -0.2) is 23.7 Å². The van der Waals surface area contributed by atoms with Crippen LogP contribution in [0.5, 0.6) is 5.75 Å². The summed E-state index contributed by atoms with van der Waals surface area (Å²) in [5.41, 5.74) is 7.25. The van der Waals surface area contributed by atoms with E-state index in [1.165, 1.54) is 0 Å². The number of amides is 1. The van der Waals surface area contributed by atoms with Crippen molar-refractivity contribution in [2.24, 2.45) is 11.7 Å². The van der Waals surface area contributed by atoms with E-state index in [4.69, 9.17) is 10.5 Å². The second-order valence-corrected chi connectivity index (χ2v) is 5.17. The summed E-state index contributed by atoms with van der Waals surface area (Å²) in [5.74, 6) is 1.06. The summed E-state index contributed by atoms with van der Waals surface area (Å²) < 4.78 is 5.40. The Morgan fingerprint density at radius 2 is 2.30 bits per heavy atom. The van der Waals surface area contributed by atoms with Crippen molar-refractivity contribution in [2.75, 3.05) is 11.9 Å². The van der Waals surface area contributed by atoms with Gasteiger partial charge in [-0.3, -0.25) is 4.79 Å². The summed E-state index contributed by atoms with van der Waals surface area (Å²) >= 11 is 0. The molecule has 110 valence electrons. The van der Waals surface area contributed by atoms with E-state index in [9.17, 15) is 9.90 Å². The zero-order valence-electron chi connectivity index (χ0n) is 11.8. The average Bonchev–Trinajstić information content (AvgIpc) is 3.25. The van der Waals surface area contributed by atoms with Crippen LogP contribution in [0.4, 0.5) is 5.69 Å². The van der Waals surface area contributed by atoms with Gasteiger partial charge in [0, 0.05) is 23.7 Å². The molecule has 1 saturated carbocycles. The van der Waals surface area contributed by atoms with E-state index >= 15 is 0 Å². The molecular weight excluding hydrogens is 256 g/mol. The van der Waals surface area contributed by atoms with Crippen LogP contribution >= 0.6 is 0 Å². The van der Waals surface area contributed by atoms with Crippen LogP contribution in [0, 0.1) is 5.92 Å². The van der Waals surface area contributed by atoms with Crippen molar-refractivity contribution in [1.82, 2.24) is 0 Å². The number of hydrogen-bond donors (Lipinski definition) is 3. The fourth-order valence-corrected chi connectivity index (χ4v) is 2.19. The highest BCUT2D eigenvalue weighted by atomic mass is 16.5. The van der Waals surface area contributed by atoms with Gasteiger partial charge in [0.1, 0.15) is 5.75 Å². The normalized spacial score (nSPS) is 15.8. The molecule has 4 N–H and O–H groups in total. The molecule has 0 aromatic heterocycles. The minimum absolute atomic E-state index is 0.0463. The molecular formula is C15H22N2O3. The molecule has 1 aliphatic rings. The maximum atomic E-state index is 11.9. The minimum atomic E-state index is -0.124. The Balaban J connectivity index is 1.96. The molecule has 2 rings (SSSR count). The number of nitrogens with one attached hydrogen (secondary N) is 1. The highest BCUT2D eigenvalue weighted by Crippen LogP contribution is 2.33. The quantitative estimate of drug-likeness (QED) is 0.708. The van der Waals surface area contributed by atoms with E-state index in [0.29, 0.717) is 35.9 Å². The van der Waals surface area contributed by atoms with Crippen LogP contribution in [-0.2, 0) is 11.4 Å². The number of aliphatic hydroxyl groups excluding tert-OH is 1. The summed E-state index contributed by atoms with van der Waals surface area (Å²) in [6.45, 7) is 2.30. The molecule has 0 radical (unpaired) electrons. The zero-order valence-corrected chi connectivity index (χ0v) is 11.8. The number of rotatable bonds is 7. The number of nitrogens with two attached hydrogens (primary N) is 1. The van der Waals surface area contributed by atoms with Gasteiger partial charge in [0.05, 0.1) is 13.2 Å². The first-order valence-corrected chi connectivity index (χ1v) is 7.06. The second kappa shape index (κ2) is 6.72. The molecule has 5 nitrogen and oxygen atoms in total. The van der Waals surface area contributed by atoms with Crippen molar-refractivity contribution in [3.8, 4) is 5.75 Å². The third-order valence-electron chi connectivity index (χ3n) is 3.46. The molecule has 0 aliphatic heterocycles. The Labute approximate surface area is 119 Å². The van der Waals surface area contributed by atoms with Gasteiger partial charge in [-0.05, 0) is 43.9 Å². The van der Waals surface area contributed by atoms with E-state index in [-0.39, 0.29) is 18.6 Å². The first-order chi connectivity index (χ1) is 9.63. The van der Waals surface area contributed by atoms with Gasteiger partial charge in [-0.15, -0.1) is 0 Å². The fourth-order valence-electron chi connectivity index (χ4n) is 2.19. The van der Waals surface area contributed by atoms with Gasteiger partial charge in [0.15, 0.2) is 0 Å². The number of ether oxygens (including phenoxy) is 1. The van der Waals surface area contributed by atoms with Gasteiger partial charge >= 0.3 is 0 Å². The summed E-state index contributed by atoms with van der Waals surface area (Å²) in [5, 5.41) is 12.1. The number of carbonyl (C=O) groups excluding carboxylic acids is 1. The molecule has 1 aromatic rings. The van der Waals surface area contributed by atoms with Gasteiger partial charge in [-0.2, -0.15) is 0 Å². The molecule has 20 heavy (non-hydrogen) atoms. The summed E-state index contributed by atoms with van der Waals surface area (Å²) in [7, 11) is 0. The van der Waals surface area contributed by atoms with Crippen molar-refractivity contribution in [3.05, 3.63) is 23.8 Å². The number of carbonyl (C=O) groups is 1. The summed E-state index contributed by atoms with van der Waals surface area (Å²) in [6, 6.07) is 5.21. The van der Waals surface area contributed by atoms with Crippen molar-refractivity contribution >= 4 is 11.6 Å². The summed E-state index contributed by atoms with van der Waals surface area (Å²) in [4.78, 5) is 11.9. The van der Waals surface area contributed by atoms with Crippen molar-refractivity contribution in [1.29, 1.82) is 0 Å². The van der Waals surface area contributed by atoms with Crippen LogP contribution in [0.1, 0.15) is 31.7 Å². The molecule has 0 spiro atoms. The van der Waals surface area contributed by atoms with Gasteiger partial charge < -0.3 is 20.9 Å². The highest BCUT2D eigenvalue weighted by Gasteiger charge is 2.29. The topological polar surface area (TPSA) is 84.6 Å². The zero-order chi connectivity index (χ0) is 14.5. The van der Waals surface area contributed by atoms with Gasteiger partial charge in [0.2, 0.25) is 5.91 Å². The maximum absolute atomic E-state index is 11.9. The molecule has 1 fully saturated rings. The van der Waals surface area contributed by atoms with Crippen molar-refractivity contribution in [3.63, 3.8) is 0 Å². The molecule has 0 heterocycles. The maximum Gasteiger partial charge on any atom is 0.225 e. The predicted octanol–water partition coefficient (Wildman–Crippen LogP) is 1.64. The first-order valence-electron chi connectivity index (χ1n) is 7.06. The van der Waals surface area contributed by atoms with E-state index in [1.807, 2.05) is 6.92 Å². The standard InChI is InChI=1S/C15H22N2O3/c1-2-20-14-6-5-12(7-11(14)9-18)17-15(19)8-13(16)10-3-4-10/h5-7,10,13,18H,2-4,8-9,16H2,1H3,(H,17,19). The lowest BCUT2D eigenvalue weighted by atomic mass is 10.1. The van der Waals surface area contributed by atoms with E-state index < -0.39 is 0 Å². The molecule has 0 bridgehead atoms. The Morgan fingerprint density at radius 1 is 1.55 bits per heavy atom. The fraction of sp³-hybridized carbons (Fsp3) is 0.533. The third-order valence-corrected chi connectivity index (χ3v) is 3.46. The van der Waals surface area contributed by atoms with Gasteiger partial charge in [0.25, 0.3) is 0 Å². The summed E-state index contributed by atoms with van der Waals surface area (Å²) in [6.07, 6.45) is 2.60. The SMILES string of the molecule is CCOc1ccc(NC(=O)CC(N)C2CC2)cc1CO. The van der Waals surface area contributed by atoms with Crippen LogP contribution in [0.2, 0.25) is 0 Å². The Bertz CT molecular complexity index is 472. The van der Waals surface area contributed by atoms with Crippen molar-refractivity contribution in [2.45, 2.75) is 38.8 Å². The lowest BCUT2D eigenvalue weighted by Crippen LogP contribution is -2.28. The van der Waals surface area contributed by atoms with E-state index in [0.717, 1.165) is 12.8 Å². The van der Waals surface area contributed by atoms with Crippen LogP contribution in [0.3, 0.4) is 0 Å². The van der Waals surface area contributed by atoms with Crippen LogP contribution in [0.15, 0.2) is 18.2 Å². The monoisotopic (exact) mass is 278 g/mol. The van der Waals surface area contributed by atoms with Crippen molar-refractivity contribution < 1.29 is 14.6 Å². The average molecular weight is 278 g/mol. The highest BCUT2D eigenvalue weighted by molar-refractivity contribution is 5.91. The Kier molecular flexibility index (Phi) is 4.98. The smallest absolute Gasteiger partial charge is 0.225 e. The van der Waals surface area contributed by atoms with Crippen LogP contribution < -0.4 is 15.8 Å². The molecule has 1 aromatic carbocycles. The van der Waals surface area contributed by atoms with Gasteiger partial charge in [-0.25, -0.2) is 0 Å². The molecule has 1 unspecified atom stereocenters.